The molecular formula is C18H28N2O3. The normalized spacial score (nSPS) is 15.0. The Bertz CT molecular complexity index is 505. The van der Waals surface area contributed by atoms with Gasteiger partial charge in [0.1, 0.15) is 6.04 Å². The highest BCUT2D eigenvalue weighted by Crippen LogP contribution is 2.19. The van der Waals surface area contributed by atoms with Crippen molar-refractivity contribution >= 4 is 5.97 Å². The van der Waals surface area contributed by atoms with Crippen LogP contribution in [-0.2, 0) is 33.5 Å². The van der Waals surface area contributed by atoms with Crippen LogP contribution in [0.25, 0.3) is 0 Å². The molecule has 1 heterocycles. The molecule has 0 amide bonds. The average Bonchev–Trinajstić information content (AvgIpc) is 2.59. The lowest BCUT2D eigenvalue weighted by atomic mass is 9.95. The van der Waals surface area contributed by atoms with E-state index in [1.165, 1.54) is 43.3 Å². The van der Waals surface area contributed by atoms with Crippen LogP contribution in [0.15, 0.2) is 12.1 Å². The number of fused-ring (bicyclic) bond motifs is 1. The van der Waals surface area contributed by atoms with Crippen LogP contribution in [-0.4, -0.2) is 37.3 Å². The number of rotatable bonds is 9. The van der Waals surface area contributed by atoms with Crippen molar-refractivity contribution in [2.24, 2.45) is 5.73 Å². The fraction of sp³-hybridized carbons (Fsp3) is 0.667. The summed E-state index contributed by atoms with van der Waals surface area (Å²) in [4.78, 5) is 15.9. The summed E-state index contributed by atoms with van der Waals surface area (Å²) in [5.74, 6) is -0.358. The number of nitrogens with zero attached hydrogens (tertiary/aromatic N) is 1. The van der Waals surface area contributed by atoms with Crippen molar-refractivity contribution in [2.45, 2.75) is 57.4 Å². The van der Waals surface area contributed by atoms with Gasteiger partial charge >= 0.3 is 5.97 Å². The number of carbonyl (C=O) groups is 1. The van der Waals surface area contributed by atoms with E-state index in [1.54, 1.807) is 0 Å². The minimum absolute atomic E-state index is 0.358. The van der Waals surface area contributed by atoms with E-state index < -0.39 is 6.04 Å². The molecule has 2 N–H and O–H groups in total. The van der Waals surface area contributed by atoms with E-state index in [9.17, 15) is 4.79 Å². The summed E-state index contributed by atoms with van der Waals surface area (Å²) in [7, 11) is 1.35. The number of ether oxygens (including phenoxy) is 2. The van der Waals surface area contributed by atoms with Gasteiger partial charge in [0.2, 0.25) is 0 Å². The van der Waals surface area contributed by atoms with E-state index >= 15 is 0 Å². The Balaban J connectivity index is 1.56. The molecule has 0 radical (unpaired) electrons. The number of esters is 1. The number of aromatic nitrogens is 1. The van der Waals surface area contributed by atoms with Crippen LogP contribution in [0.1, 0.15) is 49.1 Å². The molecule has 5 nitrogen and oxygen atoms in total. The first-order valence-electron chi connectivity index (χ1n) is 8.59. The lowest BCUT2D eigenvalue weighted by molar-refractivity contribution is -0.142. The molecule has 0 aromatic carbocycles. The highest BCUT2D eigenvalue weighted by molar-refractivity contribution is 5.75. The highest BCUT2D eigenvalue weighted by Gasteiger charge is 2.12. The van der Waals surface area contributed by atoms with E-state index in [0.29, 0.717) is 19.6 Å². The monoisotopic (exact) mass is 320 g/mol. The Kier molecular flexibility index (Phi) is 7.49. The Morgan fingerprint density at radius 1 is 1.26 bits per heavy atom. The first kappa shape index (κ1) is 17.9. The molecule has 1 aromatic rings. The molecule has 1 aliphatic rings. The summed E-state index contributed by atoms with van der Waals surface area (Å²) >= 11 is 0. The fourth-order valence-electron chi connectivity index (χ4n) is 2.90. The summed E-state index contributed by atoms with van der Waals surface area (Å²) < 4.78 is 10.2. The molecule has 1 atom stereocenters. The quantitative estimate of drug-likeness (QED) is 0.557. The van der Waals surface area contributed by atoms with E-state index in [1.807, 2.05) is 0 Å². The highest BCUT2D eigenvalue weighted by atomic mass is 16.5. The minimum Gasteiger partial charge on any atom is -0.468 e. The Labute approximate surface area is 138 Å². The molecule has 0 saturated heterocycles. The lowest BCUT2D eigenvalue weighted by Gasteiger charge is -2.15. The van der Waals surface area contributed by atoms with Crippen LogP contribution in [0, 0.1) is 0 Å². The predicted octanol–water partition coefficient (Wildman–Crippen LogP) is 2.19. The van der Waals surface area contributed by atoms with Crippen LogP contribution < -0.4 is 5.73 Å². The molecule has 0 bridgehead atoms. The van der Waals surface area contributed by atoms with Gasteiger partial charge in [-0.3, -0.25) is 9.78 Å². The SMILES string of the molecule is COC(=O)C(N)CCCOCCCc1ccc2c(n1)CCCC2. The molecule has 23 heavy (non-hydrogen) atoms. The van der Waals surface area contributed by atoms with Crippen LogP contribution in [0.3, 0.4) is 0 Å². The van der Waals surface area contributed by atoms with Gasteiger partial charge in [0, 0.05) is 24.6 Å². The van der Waals surface area contributed by atoms with Gasteiger partial charge < -0.3 is 15.2 Å². The zero-order chi connectivity index (χ0) is 16.5. The lowest BCUT2D eigenvalue weighted by Crippen LogP contribution is -2.31. The molecule has 0 spiro atoms. The molecule has 0 aliphatic heterocycles. The van der Waals surface area contributed by atoms with Gasteiger partial charge in [-0.2, -0.15) is 0 Å². The maximum atomic E-state index is 11.1. The maximum Gasteiger partial charge on any atom is 0.322 e. The van der Waals surface area contributed by atoms with Crippen LogP contribution in [0.4, 0.5) is 0 Å². The predicted molar refractivity (Wildman–Crippen MR) is 89.2 cm³/mol. The number of hydrogen-bond acceptors (Lipinski definition) is 5. The van der Waals surface area contributed by atoms with Gasteiger partial charge in [-0.25, -0.2) is 0 Å². The van der Waals surface area contributed by atoms with Gasteiger partial charge in [0.05, 0.1) is 7.11 Å². The molecule has 128 valence electrons. The summed E-state index contributed by atoms with van der Waals surface area (Å²) in [6.45, 7) is 1.34. The third-order valence-electron chi connectivity index (χ3n) is 4.27. The number of hydrogen-bond donors (Lipinski definition) is 1. The van der Waals surface area contributed by atoms with Crippen molar-refractivity contribution in [3.8, 4) is 0 Å². The second kappa shape index (κ2) is 9.63. The molecular weight excluding hydrogens is 292 g/mol. The largest absolute Gasteiger partial charge is 0.468 e. The average molecular weight is 320 g/mol. The van der Waals surface area contributed by atoms with Crippen LogP contribution >= 0.6 is 0 Å². The fourth-order valence-corrected chi connectivity index (χ4v) is 2.90. The Morgan fingerprint density at radius 3 is 2.87 bits per heavy atom. The maximum absolute atomic E-state index is 11.1. The first-order valence-corrected chi connectivity index (χ1v) is 8.59. The third kappa shape index (κ3) is 5.92. The van der Waals surface area contributed by atoms with Crippen LogP contribution in [0.2, 0.25) is 0 Å². The number of aryl methyl sites for hydroxylation is 3. The Hall–Kier alpha value is -1.46. The summed E-state index contributed by atoms with van der Waals surface area (Å²) in [5.41, 5.74) is 9.56. The molecule has 2 rings (SSSR count). The first-order chi connectivity index (χ1) is 11.2. The molecule has 1 unspecified atom stereocenters. The Morgan fingerprint density at radius 2 is 2.04 bits per heavy atom. The molecule has 0 fully saturated rings. The van der Waals surface area contributed by atoms with Gasteiger partial charge in [-0.1, -0.05) is 6.07 Å². The molecule has 5 heteroatoms. The molecule has 1 aliphatic carbocycles. The van der Waals surface area contributed by atoms with Crippen molar-refractivity contribution < 1.29 is 14.3 Å². The minimum atomic E-state index is -0.539. The second-order valence-electron chi connectivity index (χ2n) is 6.10. The third-order valence-corrected chi connectivity index (χ3v) is 4.27. The number of carbonyl (C=O) groups excluding carboxylic acids is 1. The topological polar surface area (TPSA) is 74.4 Å². The van der Waals surface area contributed by atoms with E-state index in [-0.39, 0.29) is 5.97 Å². The van der Waals surface area contributed by atoms with Gasteiger partial charge in [0.15, 0.2) is 0 Å². The second-order valence-corrected chi connectivity index (χ2v) is 6.10. The van der Waals surface area contributed by atoms with Gasteiger partial charge in [-0.15, -0.1) is 0 Å². The van der Waals surface area contributed by atoms with E-state index in [0.717, 1.165) is 25.7 Å². The number of methoxy groups -OCH3 is 1. The summed E-state index contributed by atoms with van der Waals surface area (Å²) in [5, 5.41) is 0. The summed E-state index contributed by atoms with van der Waals surface area (Å²) in [6.07, 6.45) is 8.15. The number of pyridine rings is 1. The van der Waals surface area contributed by atoms with E-state index in [2.05, 4.69) is 16.9 Å². The van der Waals surface area contributed by atoms with Crippen molar-refractivity contribution in [3.05, 3.63) is 29.1 Å². The standard InChI is InChI=1S/C18H28N2O3/c1-22-18(21)16(19)8-5-13-23-12-4-7-15-11-10-14-6-2-3-9-17(14)20-15/h10-11,16H,2-9,12-13,19H2,1H3. The zero-order valence-electron chi connectivity index (χ0n) is 14.1. The van der Waals surface area contributed by atoms with E-state index in [4.69, 9.17) is 15.5 Å². The van der Waals surface area contributed by atoms with Crippen molar-refractivity contribution in [1.82, 2.24) is 4.98 Å². The molecule has 0 saturated carbocycles. The van der Waals surface area contributed by atoms with Gasteiger partial charge in [-0.05, 0) is 63.0 Å². The molecule has 1 aromatic heterocycles. The smallest absolute Gasteiger partial charge is 0.322 e. The van der Waals surface area contributed by atoms with Crippen molar-refractivity contribution in [1.29, 1.82) is 0 Å². The number of nitrogens with two attached hydrogens (primary N) is 1. The van der Waals surface area contributed by atoms with Gasteiger partial charge in [0.25, 0.3) is 0 Å². The van der Waals surface area contributed by atoms with Crippen molar-refractivity contribution in [3.63, 3.8) is 0 Å². The van der Waals surface area contributed by atoms with Crippen molar-refractivity contribution in [2.75, 3.05) is 20.3 Å². The summed E-state index contributed by atoms with van der Waals surface area (Å²) in [6, 6.07) is 3.86. The zero-order valence-corrected chi connectivity index (χ0v) is 14.1. The van der Waals surface area contributed by atoms with Crippen LogP contribution in [0.5, 0.6) is 0 Å².